The molecule has 0 aromatic heterocycles. The summed E-state index contributed by atoms with van der Waals surface area (Å²) in [5.41, 5.74) is 0. The fourth-order valence-electron chi connectivity index (χ4n) is 2.57. The van der Waals surface area contributed by atoms with Crippen molar-refractivity contribution in [1.29, 1.82) is 0 Å². The number of hydrogen-bond acceptors (Lipinski definition) is 3. The summed E-state index contributed by atoms with van der Waals surface area (Å²) in [5.74, 6) is 0.859. The van der Waals surface area contributed by atoms with Crippen molar-refractivity contribution in [3.05, 3.63) is 0 Å². The molecule has 3 heteroatoms. The molecule has 2 unspecified atom stereocenters. The third-order valence-corrected chi connectivity index (χ3v) is 3.56. The van der Waals surface area contributed by atoms with Crippen molar-refractivity contribution in [2.24, 2.45) is 5.92 Å². The normalized spacial score (nSPS) is 34.9. The van der Waals surface area contributed by atoms with Crippen molar-refractivity contribution >= 4 is 0 Å². The Balaban J connectivity index is 1.65. The maximum absolute atomic E-state index is 3.69. The minimum absolute atomic E-state index is 0.650. The number of piperidine rings is 1. The number of nitrogens with one attached hydrogen (secondary N) is 2. The number of nitrogens with zero attached hydrogens (tertiary/aromatic N) is 1. The van der Waals surface area contributed by atoms with Crippen LogP contribution in [0.15, 0.2) is 0 Å². The molecule has 0 amide bonds. The molecule has 0 aromatic carbocycles. The van der Waals surface area contributed by atoms with Gasteiger partial charge in [0.2, 0.25) is 0 Å². The molecular formula is C11H23N3. The lowest BCUT2D eigenvalue weighted by Crippen LogP contribution is -2.44. The average Bonchev–Trinajstić information content (AvgIpc) is 2.63. The minimum Gasteiger partial charge on any atom is -0.316 e. The smallest absolute Gasteiger partial charge is 0.0595 e. The topological polar surface area (TPSA) is 27.3 Å². The van der Waals surface area contributed by atoms with E-state index in [9.17, 15) is 0 Å². The molecule has 2 heterocycles. The molecule has 2 aliphatic heterocycles. The first kappa shape index (κ1) is 10.4. The summed E-state index contributed by atoms with van der Waals surface area (Å²) in [6, 6.07) is 0. The van der Waals surface area contributed by atoms with Crippen LogP contribution in [0.25, 0.3) is 0 Å². The van der Waals surface area contributed by atoms with Gasteiger partial charge in [0.25, 0.3) is 0 Å². The molecule has 2 rings (SSSR count). The van der Waals surface area contributed by atoms with Crippen molar-refractivity contribution in [2.75, 3.05) is 33.2 Å². The van der Waals surface area contributed by atoms with Crippen LogP contribution >= 0.6 is 0 Å². The van der Waals surface area contributed by atoms with E-state index in [1.54, 1.807) is 0 Å². The molecule has 0 radical (unpaired) electrons. The van der Waals surface area contributed by atoms with Gasteiger partial charge in [0.05, 0.1) is 6.17 Å². The summed E-state index contributed by atoms with van der Waals surface area (Å²) in [6.45, 7) is 4.89. The Labute approximate surface area is 87.2 Å². The zero-order valence-corrected chi connectivity index (χ0v) is 9.26. The second-order valence-electron chi connectivity index (χ2n) is 4.76. The van der Waals surface area contributed by atoms with Crippen LogP contribution in [0.2, 0.25) is 0 Å². The van der Waals surface area contributed by atoms with E-state index in [-0.39, 0.29) is 0 Å². The van der Waals surface area contributed by atoms with E-state index in [0.717, 1.165) is 5.92 Å². The molecule has 82 valence electrons. The Hall–Kier alpha value is -0.120. The highest BCUT2D eigenvalue weighted by molar-refractivity contribution is 4.77. The summed E-state index contributed by atoms with van der Waals surface area (Å²) in [4.78, 5) is 2.44. The van der Waals surface area contributed by atoms with Crippen LogP contribution in [-0.4, -0.2) is 44.3 Å². The van der Waals surface area contributed by atoms with Crippen molar-refractivity contribution in [3.63, 3.8) is 0 Å². The summed E-state index contributed by atoms with van der Waals surface area (Å²) in [7, 11) is 2.23. The van der Waals surface area contributed by atoms with Gasteiger partial charge in [-0.05, 0) is 58.3 Å². The van der Waals surface area contributed by atoms with Crippen LogP contribution in [0.4, 0.5) is 0 Å². The molecule has 0 aromatic rings. The highest BCUT2D eigenvalue weighted by atomic mass is 15.3. The highest BCUT2D eigenvalue weighted by Crippen LogP contribution is 2.14. The molecule has 2 fully saturated rings. The Kier molecular flexibility index (Phi) is 3.79. The Morgan fingerprint density at radius 3 is 2.93 bits per heavy atom. The lowest BCUT2D eigenvalue weighted by molar-refractivity contribution is 0.241. The van der Waals surface area contributed by atoms with Gasteiger partial charge in [0.15, 0.2) is 0 Å². The largest absolute Gasteiger partial charge is 0.316 e. The van der Waals surface area contributed by atoms with Gasteiger partial charge in [-0.25, -0.2) is 0 Å². The minimum atomic E-state index is 0.650. The van der Waals surface area contributed by atoms with Crippen LogP contribution in [0.1, 0.15) is 25.7 Å². The molecule has 0 bridgehead atoms. The van der Waals surface area contributed by atoms with Gasteiger partial charge in [0, 0.05) is 6.54 Å². The first-order valence-electron chi connectivity index (χ1n) is 6.00. The second kappa shape index (κ2) is 5.10. The van der Waals surface area contributed by atoms with Gasteiger partial charge in [-0.3, -0.25) is 4.90 Å². The van der Waals surface area contributed by atoms with Crippen LogP contribution in [-0.2, 0) is 0 Å². The van der Waals surface area contributed by atoms with Gasteiger partial charge in [-0.2, -0.15) is 0 Å². The first-order chi connectivity index (χ1) is 6.86. The van der Waals surface area contributed by atoms with E-state index in [0.29, 0.717) is 6.17 Å². The van der Waals surface area contributed by atoms with Gasteiger partial charge >= 0.3 is 0 Å². The maximum Gasteiger partial charge on any atom is 0.0595 e. The van der Waals surface area contributed by atoms with Crippen molar-refractivity contribution < 1.29 is 0 Å². The molecule has 2 saturated heterocycles. The van der Waals surface area contributed by atoms with Gasteiger partial charge in [-0.15, -0.1) is 0 Å². The van der Waals surface area contributed by atoms with Crippen LogP contribution in [0.3, 0.4) is 0 Å². The van der Waals surface area contributed by atoms with Gasteiger partial charge in [-0.1, -0.05) is 0 Å². The third-order valence-electron chi connectivity index (χ3n) is 3.56. The van der Waals surface area contributed by atoms with E-state index < -0.39 is 0 Å². The fourth-order valence-corrected chi connectivity index (χ4v) is 2.57. The molecule has 2 aliphatic rings. The second-order valence-corrected chi connectivity index (χ2v) is 4.76. The predicted molar refractivity (Wildman–Crippen MR) is 59.2 cm³/mol. The zero-order valence-electron chi connectivity index (χ0n) is 9.26. The molecule has 3 nitrogen and oxygen atoms in total. The Morgan fingerprint density at radius 1 is 1.36 bits per heavy atom. The van der Waals surface area contributed by atoms with Crippen molar-refractivity contribution in [2.45, 2.75) is 31.8 Å². The molecule has 0 spiro atoms. The Morgan fingerprint density at radius 2 is 2.29 bits per heavy atom. The molecule has 0 saturated carbocycles. The molecule has 14 heavy (non-hydrogen) atoms. The van der Waals surface area contributed by atoms with E-state index in [1.807, 2.05) is 0 Å². The third kappa shape index (κ3) is 2.69. The summed E-state index contributed by atoms with van der Waals surface area (Å²) in [5, 5.41) is 7.15. The number of likely N-dealkylation sites (tertiary alicyclic amines) is 1. The van der Waals surface area contributed by atoms with E-state index in [4.69, 9.17) is 0 Å². The molecule has 2 N–H and O–H groups in total. The zero-order chi connectivity index (χ0) is 9.80. The number of rotatable bonds is 3. The standard InChI is InChI=1S/C11H23N3/c1-14-7-3-5-11(14)13-9-10-4-2-6-12-8-10/h10-13H,2-9H2,1H3. The number of hydrogen-bond donors (Lipinski definition) is 2. The predicted octanol–water partition coefficient (Wildman–Crippen LogP) is 0.627. The lowest BCUT2D eigenvalue weighted by Gasteiger charge is -2.27. The highest BCUT2D eigenvalue weighted by Gasteiger charge is 2.21. The molecule has 0 aliphatic carbocycles. The first-order valence-corrected chi connectivity index (χ1v) is 6.00. The van der Waals surface area contributed by atoms with Gasteiger partial charge < -0.3 is 10.6 Å². The summed E-state index contributed by atoms with van der Waals surface area (Å²) in [6.07, 6.45) is 6.09. The molecular weight excluding hydrogens is 174 g/mol. The van der Waals surface area contributed by atoms with E-state index in [1.165, 1.54) is 51.9 Å². The van der Waals surface area contributed by atoms with Crippen LogP contribution in [0.5, 0.6) is 0 Å². The Bertz CT molecular complexity index is 166. The monoisotopic (exact) mass is 197 g/mol. The quantitative estimate of drug-likeness (QED) is 0.695. The maximum atomic E-state index is 3.69. The average molecular weight is 197 g/mol. The summed E-state index contributed by atoms with van der Waals surface area (Å²) >= 11 is 0. The van der Waals surface area contributed by atoms with Crippen molar-refractivity contribution in [1.82, 2.24) is 15.5 Å². The fraction of sp³-hybridized carbons (Fsp3) is 1.00. The van der Waals surface area contributed by atoms with Crippen LogP contribution in [0, 0.1) is 5.92 Å². The summed E-state index contributed by atoms with van der Waals surface area (Å²) < 4.78 is 0. The molecule has 2 atom stereocenters. The lowest BCUT2D eigenvalue weighted by atomic mass is 10.00. The van der Waals surface area contributed by atoms with Crippen molar-refractivity contribution in [3.8, 4) is 0 Å². The van der Waals surface area contributed by atoms with E-state index >= 15 is 0 Å². The van der Waals surface area contributed by atoms with Gasteiger partial charge in [0.1, 0.15) is 0 Å². The van der Waals surface area contributed by atoms with Crippen LogP contribution < -0.4 is 10.6 Å². The van der Waals surface area contributed by atoms with E-state index in [2.05, 4.69) is 22.6 Å². The SMILES string of the molecule is CN1CCCC1NCC1CCCNC1.